The Morgan fingerprint density at radius 1 is 1.25 bits per heavy atom. The number of alkyl halides is 1. The predicted octanol–water partition coefficient (Wildman–Crippen LogP) is 4.18. The largest absolute Gasteiger partial charge is 0.243 e. The van der Waals surface area contributed by atoms with Gasteiger partial charge in [-0.05, 0) is 37.0 Å². The fraction of sp³-hybridized carbons (Fsp3) is 0.538. The van der Waals surface area contributed by atoms with E-state index in [4.69, 9.17) is 23.2 Å². The van der Waals surface area contributed by atoms with Gasteiger partial charge in [0.25, 0.3) is 0 Å². The maximum atomic E-state index is 12.5. The zero-order valence-electron chi connectivity index (χ0n) is 11.0. The molecule has 3 nitrogen and oxygen atoms in total. The number of hydrogen-bond acceptors (Lipinski definition) is 2. The lowest BCUT2D eigenvalue weighted by Gasteiger charge is -2.32. The first kappa shape index (κ1) is 16.6. The lowest BCUT2D eigenvalue weighted by atomic mass is 9.96. The highest BCUT2D eigenvalue weighted by Crippen LogP contribution is 2.30. The molecule has 0 saturated carbocycles. The van der Waals surface area contributed by atoms with Gasteiger partial charge in [0.05, 0.1) is 14.9 Å². The van der Waals surface area contributed by atoms with Gasteiger partial charge in [-0.2, -0.15) is 4.31 Å². The Kier molecular flexibility index (Phi) is 5.40. The normalized spacial score (nSPS) is 20.0. The number of halogens is 3. The van der Waals surface area contributed by atoms with Gasteiger partial charge in [0.2, 0.25) is 10.0 Å². The summed E-state index contributed by atoms with van der Waals surface area (Å²) in [7, 11) is -3.48. The zero-order valence-corrected chi connectivity index (χ0v) is 14.9. The second kappa shape index (κ2) is 6.53. The summed E-state index contributed by atoms with van der Waals surface area (Å²) < 4.78 is 26.6. The van der Waals surface area contributed by atoms with Gasteiger partial charge < -0.3 is 0 Å². The fourth-order valence-corrected chi connectivity index (χ4v) is 4.75. The Labute approximate surface area is 138 Å². The minimum atomic E-state index is -3.48. The maximum absolute atomic E-state index is 12.5. The molecular weight excluding hydrogens is 385 g/mol. The summed E-state index contributed by atoms with van der Waals surface area (Å²) in [5.41, 5.74) is 0. The first-order valence-corrected chi connectivity index (χ1v) is 9.53. The molecule has 0 bridgehead atoms. The molecule has 1 heterocycles. The molecule has 1 aromatic rings. The zero-order chi connectivity index (χ0) is 14.9. The van der Waals surface area contributed by atoms with Crippen molar-refractivity contribution in [3.05, 3.63) is 28.2 Å². The van der Waals surface area contributed by atoms with Crippen LogP contribution < -0.4 is 0 Å². The van der Waals surface area contributed by atoms with Gasteiger partial charge >= 0.3 is 0 Å². The van der Waals surface area contributed by atoms with Crippen molar-refractivity contribution in [1.29, 1.82) is 0 Å². The van der Waals surface area contributed by atoms with Crippen molar-refractivity contribution in [2.24, 2.45) is 5.92 Å². The molecule has 1 unspecified atom stereocenters. The third kappa shape index (κ3) is 3.50. The van der Waals surface area contributed by atoms with Crippen LogP contribution in [0.1, 0.15) is 19.8 Å². The number of sulfonamides is 1. The minimum Gasteiger partial charge on any atom is -0.207 e. The van der Waals surface area contributed by atoms with E-state index in [2.05, 4.69) is 22.9 Å². The van der Waals surface area contributed by atoms with Gasteiger partial charge in [-0.15, -0.1) is 0 Å². The molecule has 0 radical (unpaired) electrons. The molecule has 0 amide bonds. The van der Waals surface area contributed by atoms with Crippen molar-refractivity contribution in [2.45, 2.75) is 29.5 Å². The van der Waals surface area contributed by atoms with Crippen molar-refractivity contribution in [3.8, 4) is 0 Å². The monoisotopic (exact) mass is 399 g/mol. The van der Waals surface area contributed by atoms with E-state index < -0.39 is 10.0 Å². The van der Waals surface area contributed by atoms with Crippen molar-refractivity contribution < 1.29 is 8.42 Å². The number of piperidine rings is 1. The Balaban J connectivity index is 2.17. The van der Waals surface area contributed by atoms with Crippen LogP contribution in [0.4, 0.5) is 0 Å². The smallest absolute Gasteiger partial charge is 0.207 e. The number of rotatable bonds is 3. The topological polar surface area (TPSA) is 37.4 Å². The van der Waals surface area contributed by atoms with Crippen molar-refractivity contribution in [2.75, 3.05) is 13.1 Å². The molecule has 2 rings (SSSR count). The molecule has 20 heavy (non-hydrogen) atoms. The molecule has 0 spiro atoms. The fourth-order valence-electron chi connectivity index (χ4n) is 2.36. The Bertz CT molecular complexity index is 584. The van der Waals surface area contributed by atoms with E-state index in [0.29, 0.717) is 28.9 Å². The van der Waals surface area contributed by atoms with Crippen molar-refractivity contribution in [1.82, 2.24) is 4.31 Å². The van der Waals surface area contributed by atoms with Crippen LogP contribution in [0.15, 0.2) is 23.1 Å². The molecule has 0 aliphatic carbocycles. The summed E-state index contributed by atoms with van der Waals surface area (Å²) in [6.45, 7) is 3.19. The van der Waals surface area contributed by atoms with Gasteiger partial charge in [0.15, 0.2) is 0 Å². The van der Waals surface area contributed by atoms with Gasteiger partial charge in [-0.1, -0.05) is 46.1 Å². The highest BCUT2D eigenvalue weighted by Gasteiger charge is 2.30. The third-order valence-electron chi connectivity index (χ3n) is 3.68. The van der Waals surface area contributed by atoms with E-state index in [9.17, 15) is 8.42 Å². The van der Waals surface area contributed by atoms with E-state index in [0.717, 1.165) is 12.8 Å². The van der Waals surface area contributed by atoms with Crippen LogP contribution in [0.25, 0.3) is 0 Å². The van der Waals surface area contributed by atoms with Gasteiger partial charge in [-0.3, -0.25) is 0 Å². The van der Waals surface area contributed by atoms with E-state index in [1.54, 1.807) is 0 Å². The maximum Gasteiger partial charge on any atom is 0.243 e. The van der Waals surface area contributed by atoms with E-state index in [1.165, 1.54) is 22.5 Å². The highest BCUT2D eigenvalue weighted by molar-refractivity contribution is 9.09. The molecule has 1 aromatic carbocycles. The molecule has 1 atom stereocenters. The van der Waals surface area contributed by atoms with Gasteiger partial charge in [0, 0.05) is 17.9 Å². The lowest BCUT2D eigenvalue weighted by molar-refractivity contribution is 0.275. The second-order valence-corrected chi connectivity index (χ2v) is 9.19. The van der Waals surface area contributed by atoms with Crippen molar-refractivity contribution >= 4 is 49.2 Å². The van der Waals surface area contributed by atoms with E-state index in [1.807, 2.05) is 0 Å². The van der Waals surface area contributed by atoms with Crippen LogP contribution >= 0.6 is 39.1 Å². The molecular formula is C13H16BrCl2NO2S. The Morgan fingerprint density at radius 3 is 2.35 bits per heavy atom. The standard InChI is InChI=1S/C13H16BrCl2NO2S/c1-9(14)10-4-6-17(7-5-10)20(18,19)11-2-3-12(15)13(16)8-11/h2-3,8-10H,4-7H2,1H3. The van der Waals surface area contributed by atoms with Crippen LogP contribution in [0.3, 0.4) is 0 Å². The average Bonchev–Trinajstić information content (AvgIpc) is 2.41. The first-order chi connectivity index (χ1) is 9.32. The van der Waals surface area contributed by atoms with Crippen LogP contribution in [0.5, 0.6) is 0 Å². The molecule has 112 valence electrons. The summed E-state index contributed by atoms with van der Waals surface area (Å²) in [6, 6.07) is 4.44. The number of hydrogen-bond donors (Lipinski definition) is 0. The quantitative estimate of drug-likeness (QED) is 0.713. The molecule has 1 aliphatic heterocycles. The Hall–Kier alpha value is 0.190. The summed E-state index contributed by atoms with van der Waals surface area (Å²) in [6.07, 6.45) is 1.74. The van der Waals surface area contributed by atoms with Crippen LogP contribution in [0.2, 0.25) is 10.0 Å². The summed E-state index contributed by atoms with van der Waals surface area (Å²) in [5, 5.41) is 0.620. The average molecular weight is 401 g/mol. The van der Waals surface area contributed by atoms with E-state index in [-0.39, 0.29) is 9.92 Å². The molecule has 1 saturated heterocycles. The molecule has 0 N–H and O–H groups in total. The van der Waals surface area contributed by atoms with Gasteiger partial charge in [0.1, 0.15) is 0 Å². The lowest BCUT2D eigenvalue weighted by Crippen LogP contribution is -2.39. The SMILES string of the molecule is CC(Br)C1CCN(S(=O)(=O)c2ccc(Cl)c(Cl)c2)CC1. The Morgan fingerprint density at radius 2 is 1.85 bits per heavy atom. The highest BCUT2D eigenvalue weighted by atomic mass is 79.9. The van der Waals surface area contributed by atoms with Crippen LogP contribution in [-0.4, -0.2) is 30.6 Å². The van der Waals surface area contributed by atoms with Gasteiger partial charge in [-0.25, -0.2) is 8.42 Å². The minimum absolute atomic E-state index is 0.206. The number of nitrogens with zero attached hydrogens (tertiary/aromatic N) is 1. The first-order valence-electron chi connectivity index (χ1n) is 6.41. The number of benzene rings is 1. The molecule has 1 aliphatic rings. The van der Waals surface area contributed by atoms with E-state index >= 15 is 0 Å². The van der Waals surface area contributed by atoms with Crippen LogP contribution in [0, 0.1) is 5.92 Å². The van der Waals surface area contributed by atoms with Crippen LogP contribution in [-0.2, 0) is 10.0 Å². The molecule has 7 heteroatoms. The van der Waals surface area contributed by atoms with Crippen molar-refractivity contribution in [3.63, 3.8) is 0 Å². The summed E-state index contributed by atoms with van der Waals surface area (Å²) >= 11 is 15.3. The summed E-state index contributed by atoms with van der Waals surface area (Å²) in [5.74, 6) is 0.523. The summed E-state index contributed by atoms with van der Waals surface area (Å²) in [4.78, 5) is 0.620. The molecule has 0 aromatic heterocycles. The predicted molar refractivity (Wildman–Crippen MR) is 86.3 cm³/mol. The second-order valence-electron chi connectivity index (χ2n) is 4.99. The third-order valence-corrected chi connectivity index (χ3v) is 7.06. The molecule has 1 fully saturated rings.